The standard InChI is InChI=1S/C22H23NO6/c1-3-28-20(22(25)26)14-17-6-10-19(11-7-17)29-15-21(24)23-13-12-16-4-8-18(27-2)9-5-16/h1,4-11,20H,12-15H2,2H3,(H,23,24)(H,25,26). The minimum absolute atomic E-state index is 0.111. The molecule has 2 rings (SSSR count). The first kappa shape index (κ1) is 21.6. The van der Waals surface area contributed by atoms with Gasteiger partial charge in [0, 0.05) is 13.0 Å². The second kappa shape index (κ2) is 11.2. The first-order valence-electron chi connectivity index (χ1n) is 8.97. The number of methoxy groups -OCH3 is 1. The van der Waals surface area contributed by atoms with Crippen LogP contribution in [0.5, 0.6) is 11.5 Å². The normalized spacial score (nSPS) is 11.0. The molecule has 2 N–H and O–H groups in total. The van der Waals surface area contributed by atoms with E-state index in [0.29, 0.717) is 18.7 Å². The van der Waals surface area contributed by atoms with Crippen molar-refractivity contribution in [1.82, 2.24) is 5.32 Å². The molecule has 0 aliphatic rings. The Morgan fingerprint density at radius 3 is 2.28 bits per heavy atom. The quantitative estimate of drug-likeness (QED) is 0.564. The lowest BCUT2D eigenvalue weighted by Gasteiger charge is -2.11. The number of carboxylic acid groups (broad SMARTS) is 1. The molecule has 0 saturated carbocycles. The Hall–Kier alpha value is -3.66. The van der Waals surface area contributed by atoms with Crippen molar-refractivity contribution >= 4 is 11.9 Å². The summed E-state index contributed by atoms with van der Waals surface area (Å²) in [6.45, 7) is 0.388. The molecule has 0 heterocycles. The number of hydrogen-bond acceptors (Lipinski definition) is 5. The van der Waals surface area contributed by atoms with Crippen LogP contribution >= 0.6 is 0 Å². The van der Waals surface area contributed by atoms with Gasteiger partial charge in [-0.25, -0.2) is 4.79 Å². The molecule has 0 aliphatic carbocycles. The predicted molar refractivity (Wildman–Crippen MR) is 107 cm³/mol. The SMILES string of the molecule is C#COC(Cc1ccc(OCC(=O)NCCc2ccc(OC)cc2)cc1)C(=O)O. The number of carbonyl (C=O) groups excluding carboxylic acids is 1. The Morgan fingerprint density at radius 2 is 1.69 bits per heavy atom. The first-order chi connectivity index (χ1) is 14.0. The molecular weight excluding hydrogens is 374 g/mol. The molecule has 7 nitrogen and oxygen atoms in total. The number of rotatable bonds is 11. The number of nitrogens with one attached hydrogen (secondary N) is 1. The third-order valence-electron chi connectivity index (χ3n) is 4.10. The molecule has 0 aromatic heterocycles. The fourth-order valence-corrected chi connectivity index (χ4v) is 2.54. The minimum Gasteiger partial charge on any atom is -0.497 e. The minimum atomic E-state index is -1.13. The monoisotopic (exact) mass is 397 g/mol. The molecule has 0 fully saturated rings. The van der Waals surface area contributed by atoms with Gasteiger partial charge in [-0.3, -0.25) is 4.79 Å². The second-order valence-corrected chi connectivity index (χ2v) is 6.15. The molecule has 7 heteroatoms. The lowest BCUT2D eigenvalue weighted by Crippen LogP contribution is -2.30. The second-order valence-electron chi connectivity index (χ2n) is 6.15. The van der Waals surface area contributed by atoms with Crippen LogP contribution in [-0.2, 0) is 27.2 Å². The lowest BCUT2D eigenvalue weighted by molar-refractivity contribution is -0.146. The molecule has 0 bridgehead atoms. The van der Waals surface area contributed by atoms with Gasteiger partial charge in [0.1, 0.15) is 17.6 Å². The van der Waals surface area contributed by atoms with E-state index in [9.17, 15) is 9.59 Å². The molecule has 152 valence electrons. The van der Waals surface area contributed by atoms with Crippen LogP contribution in [-0.4, -0.2) is 43.3 Å². The molecule has 2 aromatic rings. The van der Waals surface area contributed by atoms with Crippen LogP contribution in [0.2, 0.25) is 0 Å². The Labute approximate surface area is 169 Å². The third kappa shape index (κ3) is 7.46. The van der Waals surface area contributed by atoms with Crippen molar-refractivity contribution in [2.45, 2.75) is 18.9 Å². The summed E-state index contributed by atoms with van der Waals surface area (Å²) in [6.07, 6.45) is 6.61. The highest BCUT2D eigenvalue weighted by atomic mass is 16.5. The molecule has 1 amide bonds. The summed E-state index contributed by atoms with van der Waals surface area (Å²) in [7, 11) is 1.61. The van der Waals surface area contributed by atoms with Gasteiger partial charge in [0.15, 0.2) is 6.61 Å². The Balaban J connectivity index is 1.72. The molecule has 0 saturated heterocycles. The Bertz CT molecular complexity index is 839. The van der Waals surface area contributed by atoms with Crippen LogP contribution in [0.3, 0.4) is 0 Å². The highest BCUT2D eigenvalue weighted by molar-refractivity contribution is 5.77. The fraction of sp³-hybridized carbons (Fsp3) is 0.273. The molecule has 2 aromatic carbocycles. The van der Waals surface area contributed by atoms with Gasteiger partial charge < -0.3 is 24.6 Å². The van der Waals surface area contributed by atoms with Crippen molar-refractivity contribution in [3.05, 3.63) is 59.7 Å². The smallest absolute Gasteiger partial charge is 0.346 e. The highest BCUT2D eigenvalue weighted by Crippen LogP contribution is 2.14. The van der Waals surface area contributed by atoms with Gasteiger partial charge in [0.2, 0.25) is 6.10 Å². The summed E-state index contributed by atoms with van der Waals surface area (Å²) >= 11 is 0. The summed E-state index contributed by atoms with van der Waals surface area (Å²) in [4.78, 5) is 23.0. The van der Waals surface area contributed by atoms with Crippen LogP contribution in [0, 0.1) is 12.5 Å². The third-order valence-corrected chi connectivity index (χ3v) is 4.10. The fourth-order valence-electron chi connectivity index (χ4n) is 2.54. The van der Waals surface area contributed by atoms with Gasteiger partial charge in [-0.2, -0.15) is 0 Å². The van der Waals surface area contributed by atoms with Crippen molar-refractivity contribution in [1.29, 1.82) is 0 Å². The van der Waals surface area contributed by atoms with Crippen LogP contribution < -0.4 is 14.8 Å². The van der Waals surface area contributed by atoms with E-state index in [1.54, 1.807) is 31.4 Å². The molecule has 0 radical (unpaired) electrons. The summed E-state index contributed by atoms with van der Waals surface area (Å²) in [5.74, 6) is -0.0615. The van der Waals surface area contributed by atoms with E-state index in [0.717, 1.165) is 16.9 Å². The number of hydrogen-bond donors (Lipinski definition) is 2. The molecule has 1 unspecified atom stereocenters. The van der Waals surface area contributed by atoms with E-state index in [-0.39, 0.29) is 18.9 Å². The summed E-state index contributed by atoms with van der Waals surface area (Å²) in [6, 6.07) is 14.4. The van der Waals surface area contributed by atoms with E-state index in [2.05, 4.69) is 5.32 Å². The van der Waals surface area contributed by atoms with Crippen molar-refractivity contribution in [2.75, 3.05) is 20.3 Å². The average Bonchev–Trinajstić information content (AvgIpc) is 2.73. The molecular formula is C22H23NO6. The lowest BCUT2D eigenvalue weighted by atomic mass is 10.1. The van der Waals surface area contributed by atoms with Gasteiger partial charge in [0.25, 0.3) is 5.91 Å². The van der Waals surface area contributed by atoms with E-state index in [1.807, 2.05) is 30.4 Å². The molecule has 29 heavy (non-hydrogen) atoms. The predicted octanol–water partition coefficient (Wildman–Crippen LogP) is 2.04. The van der Waals surface area contributed by atoms with Crippen LogP contribution in [0.4, 0.5) is 0 Å². The van der Waals surface area contributed by atoms with Crippen molar-refractivity contribution in [2.24, 2.45) is 0 Å². The molecule has 0 spiro atoms. The maximum atomic E-state index is 11.9. The van der Waals surface area contributed by atoms with Gasteiger partial charge >= 0.3 is 5.97 Å². The summed E-state index contributed by atoms with van der Waals surface area (Å²) in [5.41, 5.74) is 1.82. The van der Waals surface area contributed by atoms with Crippen molar-refractivity contribution in [3.8, 4) is 24.0 Å². The number of carbonyl (C=O) groups is 2. The van der Waals surface area contributed by atoms with Crippen LogP contribution in [0.15, 0.2) is 48.5 Å². The number of terminal acetylenes is 1. The molecule has 0 aliphatic heterocycles. The van der Waals surface area contributed by atoms with E-state index in [1.165, 1.54) is 0 Å². The summed E-state index contributed by atoms with van der Waals surface area (Å²) < 4.78 is 15.3. The van der Waals surface area contributed by atoms with Gasteiger partial charge in [-0.05, 0) is 41.8 Å². The van der Waals surface area contributed by atoms with Gasteiger partial charge in [-0.1, -0.05) is 30.7 Å². The summed E-state index contributed by atoms with van der Waals surface area (Å²) in [5, 5.41) is 11.8. The average molecular weight is 397 g/mol. The van der Waals surface area contributed by atoms with E-state index in [4.69, 9.17) is 25.7 Å². The number of benzene rings is 2. The van der Waals surface area contributed by atoms with Gasteiger partial charge in [-0.15, -0.1) is 0 Å². The van der Waals surface area contributed by atoms with E-state index >= 15 is 0 Å². The maximum Gasteiger partial charge on any atom is 0.346 e. The Morgan fingerprint density at radius 1 is 1.07 bits per heavy atom. The van der Waals surface area contributed by atoms with Crippen LogP contribution in [0.25, 0.3) is 0 Å². The number of aliphatic carboxylic acids is 1. The van der Waals surface area contributed by atoms with Crippen molar-refractivity contribution in [3.63, 3.8) is 0 Å². The number of ether oxygens (including phenoxy) is 3. The van der Waals surface area contributed by atoms with E-state index < -0.39 is 12.1 Å². The van der Waals surface area contributed by atoms with Crippen LogP contribution in [0.1, 0.15) is 11.1 Å². The Kier molecular flexibility index (Phi) is 8.39. The zero-order valence-electron chi connectivity index (χ0n) is 16.1. The molecule has 1 atom stereocenters. The largest absolute Gasteiger partial charge is 0.497 e. The van der Waals surface area contributed by atoms with Crippen molar-refractivity contribution < 1.29 is 28.9 Å². The first-order valence-corrected chi connectivity index (χ1v) is 8.97. The highest BCUT2D eigenvalue weighted by Gasteiger charge is 2.18. The topological polar surface area (TPSA) is 94.1 Å². The number of amides is 1. The van der Waals surface area contributed by atoms with Gasteiger partial charge in [0.05, 0.1) is 7.11 Å². The zero-order valence-corrected chi connectivity index (χ0v) is 16.1. The number of carboxylic acids is 1. The maximum absolute atomic E-state index is 11.9. The zero-order chi connectivity index (χ0) is 21.1.